The molecule has 1 atom stereocenters. The van der Waals surface area contributed by atoms with E-state index in [0.29, 0.717) is 28.3 Å². The molecule has 0 spiro atoms. The molecule has 0 aliphatic heterocycles. The summed E-state index contributed by atoms with van der Waals surface area (Å²) in [6, 6.07) is 5.50. The number of nitrogens with two attached hydrogens (primary N) is 1. The van der Waals surface area contributed by atoms with E-state index in [9.17, 15) is 0 Å². The molecule has 0 saturated heterocycles. The molecule has 0 radical (unpaired) electrons. The van der Waals surface area contributed by atoms with Crippen molar-refractivity contribution in [1.29, 1.82) is 0 Å². The molecule has 1 aromatic carbocycles. The normalized spacial score (nSPS) is 17.2. The second-order valence-corrected chi connectivity index (χ2v) is 5.06. The third kappa shape index (κ3) is 3.27. The van der Waals surface area contributed by atoms with E-state index in [1.807, 2.05) is 0 Å². The van der Waals surface area contributed by atoms with Crippen molar-refractivity contribution in [3.8, 4) is 5.75 Å². The van der Waals surface area contributed by atoms with Crippen molar-refractivity contribution in [2.24, 2.45) is 11.7 Å². The summed E-state index contributed by atoms with van der Waals surface area (Å²) in [6.07, 6.45) is 3.41. The molecule has 1 saturated carbocycles. The van der Waals surface area contributed by atoms with E-state index in [-0.39, 0.29) is 6.04 Å². The number of ether oxygens (including phenoxy) is 1. The quantitative estimate of drug-likeness (QED) is 0.879. The standard InChI is InChI=1S/C12H15Cl2NO/c13-9-3-4-12(10(14)7-9)16-6-5-11(15)8-1-2-8/h3-4,7-8,11H,1-2,5-6,15H2. The average Bonchev–Trinajstić information content (AvgIpc) is 3.04. The summed E-state index contributed by atoms with van der Waals surface area (Å²) in [4.78, 5) is 0. The topological polar surface area (TPSA) is 35.2 Å². The average molecular weight is 260 g/mol. The highest BCUT2D eigenvalue weighted by Crippen LogP contribution is 2.33. The summed E-state index contributed by atoms with van der Waals surface area (Å²) in [6.45, 7) is 0.610. The maximum Gasteiger partial charge on any atom is 0.137 e. The molecule has 1 aliphatic rings. The van der Waals surface area contributed by atoms with Crippen LogP contribution in [0.1, 0.15) is 19.3 Å². The summed E-state index contributed by atoms with van der Waals surface area (Å²) >= 11 is 11.8. The maximum absolute atomic E-state index is 5.98. The molecular weight excluding hydrogens is 245 g/mol. The first-order chi connectivity index (χ1) is 7.66. The Hall–Kier alpha value is -0.440. The fourth-order valence-electron chi connectivity index (χ4n) is 1.66. The van der Waals surface area contributed by atoms with E-state index in [1.54, 1.807) is 18.2 Å². The SMILES string of the molecule is NC(CCOc1ccc(Cl)cc1Cl)C1CC1. The number of hydrogen-bond acceptors (Lipinski definition) is 2. The Labute approximate surface area is 106 Å². The summed E-state index contributed by atoms with van der Waals surface area (Å²) in [5, 5.41) is 1.17. The molecule has 1 aliphatic carbocycles. The van der Waals surface area contributed by atoms with Gasteiger partial charge in [0.05, 0.1) is 11.6 Å². The molecule has 1 fully saturated rings. The fourth-order valence-corrected chi connectivity index (χ4v) is 2.12. The highest BCUT2D eigenvalue weighted by atomic mass is 35.5. The molecule has 1 aromatic rings. The monoisotopic (exact) mass is 259 g/mol. The minimum Gasteiger partial charge on any atom is -0.492 e. The van der Waals surface area contributed by atoms with Crippen LogP contribution in [0, 0.1) is 5.92 Å². The Morgan fingerprint density at radius 2 is 2.12 bits per heavy atom. The molecule has 2 nitrogen and oxygen atoms in total. The minimum atomic E-state index is 0.270. The Balaban J connectivity index is 1.80. The van der Waals surface area contributed by atoms with Crippen LogP contribution in [-0.4, -0.2) is 12.6 Å². The molecule has 16 heavy (non-hydrogen) atoms. The number of rotatable bonds is 5. The first-order valence-electron chi connectivity index (χ1n) is 5.50. The van der Waals surface area contributed by atoms with E-state index >= 15 is 0 Å². The first kappa shape index (κ1) is 12.0. The maximum atomic E-state index is 5.98. The predicted molar refractivity (Wildman–Crippen MR) is 67.3 cm³/mol. The van der Waals surface area contributed by atoms with Crippen molar-refractivity contribution in [1.82, 2.24) is 0 Å². The Morgan fingerprint density at radius 1 is 1.38 bits per heavy atom. The van der Waals surface area contributed by atoms with Crippen LogP contribution in [0.25, 0.3) is 0 Å². The second-order valence-electron chi connectivity index (χ2n) is 4.21. The highest BCUT2D eigenvalue weighted by molar-refractivity contribution is 6.35. The zero-order valence-electron chi connectivity index (χ0n) is 8.96. The lowest BCUT2D eigenvalue weighted by molar-refractivity contribution is 0.292. The van der Waals surface area contributed by atoms with Gasteiger partial charge in [0.1, 0.15) is 5.75 Å². The predicted octanol–water partition coefficient (Wildman–Crippen LogP) is 3.50. The van der Waals surface area contributed by atoms with Gasteiger partial charge in [-0.1, -0.05) is 23.2 Å². The van der Waals surface area contributed by atoms with Gasteiger partial charge in [-0.2, -0.15) is 0 Å². The zero-order valence-corrected chi connectivity index (χ0v) is 10.5. The van der Waals surface area contributed by atoms with Crippen LogP contribution in [0.2, 0.25) is 10.0 Å². The lowest BCUT2D eigenvalue weighted by atomic mass is 10.1. The van der Waals surface area contributed by atoms with Crippen molar-refractivity contribution in [3.63, 3.8) is 0 Å². The molecular formula is C12H15Cl2NO. The van der Waals surface area contributed by atoms with Crippen LogP contribution in [0.3, 0.4) is 0 Å². The minimum absolute atomic E-state index is 0.270. The van der Waals surface area contributed by atoms with Gasteiger partial charge in [0.2, 0.25) is 0 Å². The lowest BCUT2D eigenvalue weighted by Gasteiger charge is -2.12. The van der Waals surface area contributed by atoms with E-state index in [1.165, 1.54) is 12.8 Å². The zero-order chi connectivity index (χ0) is 11.5. The van der Waals surface area contributed by atoms with E-state index in [4.69, 9.17) is 33.7 Å². The van der Waals surface area contributed by atoms with Crippen LogP contribution in [0.5, 0.6) is 5.75 Å². The molecule has 0 amide bonds. The number of halogens is 2. The van der Waals surface area contributed by atoms with Crippen molar-refractivity contribution < 1.29 is 4.74 Å². The molecule has 0 bridgehead atoms. The Morgan fingerprint density at radius 3 is 2.75 bits per heavy atom. The Bertz CT molecular complexity index is 366. The van der Waals surface area contributed by atoms with Gasteiger partial charge in [-0.15, -0.1) is 0 Å². The van der Waals surface area contributed by atoms with Gasteiger partial charge in [-0.3, -0.25) is 0 Å². The van der Waals surface area contributed by atoms with Crippen LogP contribution >= 0.6 is 23.2 Å². The van der Waals surface area contributed by atoms with E-state index in [2.05, 4.69) is 0 Å². The molecule has 2 rings (SSSR count). The van der Waals surface area contributed by atoms with E-state index in [0.717, 1.165) is 6.42 Å². The van der Waals surface area contributed by atoms with Gasteiger partial charge in [0.15, 0.2) is 0 Å². The number of hydrogen-bond donors (Lipinski definition) is 1. The third-order valence-electron chi connectivity index (χ3n) is 2.83. The molecule has 2 N–H and O–H groups in total. The Kier molecular flexibility index (Phi) is 3.95. The molecule has 0 aromatic heterocycles. The van der Waals surface area contributed by atoms with Crippen LogP contribution in [0.4, 0.5) is 0 Å². The van der Waals surface area contributed by atoms with Crippen LogP contribution in [0.15, 0.2) is 18.2 Å². The van der Waals surface area contributed by atoms with Gasteiger partial charge in [0.25, 0.3) is 0 Å². The molecule has 4 heteroatoms. The molecule has 1 unspecified atom stereocenters. The van der Waals surface area contributed by atoms with Gasteiger partial charge in [0, 0.05) is 11.1 Å². The van der Waals surface area contributed by atoms with Gasteiger partial charge in [-0.05, 0) is 43.4 Å². The largest absolute Gasteiger partial charge is 0.492 e. The van der Waals surface area contributed by atoms with Crippen molar-refractivity contribution in [3.05, 3.63) is 28.2 Å². The van der Waals surface area contributed by atoms with Crippen molar-refractivity contribution in [2.75, 3.05) is 6.61 Å². The van der Waals surface area contributed by atoms with Gasteiger partial charge < -0.3 is 10.5 Å². The van der Waals surface area contributed by atoms with Crippen LogP contribution in [-0.2, 0) is 0 Å². The summed E-state index contributed by atoms with van der Waals surface area (Å²) in [7, 11) is 0. The number of benzene rings is 1. The van der Waals surface area contributed by atoms with Gasteiger partial charge >= 0.3 is 0 Å². The smallest absolute Gasteiger partial charge is 0.137 e. The lowest BCUT2D eigenvalue weighted by Crippen LogP contribution is -2.24. The van der Waals surface area contributed by atoms with E-state index < -0.39 is 0 Å². The highest BCUT2D eigenvalue weighted by Gasteiger charge is 2.28. The first-order valence-corrected chi connectivity index (χ1v) is 6.26. The second kappa shape index (κ2) is 5.26. The fraction of sp³-hybridized carbons (Fsp3) is 0.500. The summed E-state index contributed by atoms with van der Waals surface area (Å²) < 4.78 is 5.57. The summed E-state index contributed by atoms with van der Waals surface area (Å²) in [5.41, 5.74) is 5.97. The molecule has 88 valence electrons. The summed E-state index contributed by atoms with van der Waals surface area (Å²) in [5.74, 6) is 1.39. The van der Waals surface area contributed by atoms with Crippen molar-refractivity contribution >= 4 is 23.2 Å². The van der Waals surface area contributed by atoms with Gasteiger partial charge in [-0.25, -0.2) is 0 Å². The molecule has 0 heterocycles. The van der Waals surface area contributed by atoms with Crippen LogP contribution < -0.4 is 10.5 Å². The third-order valence-corrected chi connectivity index (χ3v) is 3.36. The van der Waals surface area contributed by atoms with Crippen molar-refractivity contribution in [2.45, 2.75) is 25.3 Å².